The van der Waals surface area contributed by atoms with E-state index in [1.165, 1.54) is 4.90 Å². The lowest BCUT2D eigenvalue weighted by atomic mass is 10.1. The molecule has 214 valence electrons. The highest BCUT2D eigenvalue weighted by Gasteiger charge is 2.39. The van der Waals surface area contributed by atoms with Crippen LogP contribution in [0, 0.1) is 0 Å². The number of rotatable bonds is 11. The number of thioether (sulfide) groups is 1. The second-order valence-corrected chi connectivity index (χ2v) is 9.91. The summed E-state index contributed by atoms with van der Waals surface area (Å²) in [6.45, 7) is 0.582. The fourth-order valence-corrected chi connectivity index (χ4v) is 4.83. The lowest BCUT2D eigenvalue weighted by molar-refractivity contribution is -0.138. The molecule has 1 aliphatic heterocycles. The summed E-state index contributed by atoms with van der Waals surface area (Å²) in [6.07, 6.45) is -4.01. The van der Waals surface area contributed by atoms with Gasteiger partial charge in [0.2, 0.25) is 0 Å². The van der Waals surface area contributed by atoms with Crippen LogP contribution in [0.5, 0.6) is 5.75 Å². The minimum atomic E-state index is -4.49. The van der Waals surface area contributed by atoms with Crippen LogP contribution in [-0.4, -0.2) is 50.0 Å². The van der Waals surface area contributed by atoms with E-state index in [0.717, 1.165) is 36.0 Å². The van der Waals surface area contributed by atoms with E-state index in [1.54, 1.807) is 62.8 Å². The van der Waals surface area contributed by atoms with Gasteiger partial charge in [0.05, 0.1) is 12.7 Å². The second kappa shape index (κ2) is 12.9. The molecule has 2 N–H and O–H groups in total. The number of imide groups is 1. The van der Waals surface area contributed by atoms with Crippen LogP contribution in [0.15, 0.2) is 88.3 Å². The fourth-order valence-electron chi connectivity index (χ4n) is 3.89. The van der Waals surface area contributed by atoms with Crippen LogP contribution < -0.4 is 15.4 Å². The number of hydrogen-bond donors (Lipinski definition) is 2. The Morgan fingerprint density at radius 2 is 1.51 bits per heavy atom. The molecule has 1 heterocycles. The Morgan fingerprint density at radius 1 is 0.878 bits per heavy atom. The number of amides is 3. The number of alkyl halides is 3. The minimum Gasteiger partial charge on any atom is -0.497 e. The van der Waals surface area contributed by atoms with Crippen molar-refractivity contribution in [3.8, 4) is 5.75 Å². The van der Waals surface area contributed by atoms with Gasteiger partial charge in [0.1, 0.15) is 16.4 Å². The van der Waals surface area contributed by atoms with Crippen molar-refractivity contribution in [3.05, 3.63) is 94.5 Å². The fraction of sp³-hybridized carbons (Fsp3) is 0.207. The highest BCUT2D eigenvalue weighted by molar-refractivity contribution is 8.04. The van der Waals surface area contributed by atoms with Gasteiger partial charge < -0.3 is 20.1 Å². The number of ether oxygens (including phenoxy) is 2. The maximum atomic E-state index is 13.3. The number of nitrogens with zero attached hydrogens (tertiary/aromatic N) is 1. The predicted octanol–water partition coefficient (Wildman–Crippen LogP) is 5.79. The molecule has 1 aliphatic rings. The summed E-state index contributed by atoms with van der Waals surface area (Å²) < 4.78 is 48.6. The third-order valence-corrected chi connectivity index (χ3v) is 7.11. The molecule has 3 aromatic rings. The SMILES string of the molecule is COCCCN1C(=O)C(Nc2ccc(OC)cc2)=C(Sc2ccc(NC(=O)c3ccc(C(F)(F)F)cc3)cc2)C1=O. The van der Waals surface area contributed by atoms with Gasteiger partial charge in [-0.2, -0.15) is 13.2 Å². The van der Waals surface area contributed by atoms with Crippen LogP contribution in [0.3, 0.4) is 0 Å². The molecule has 8 nitrogen and oxygen atoms in total. The largest absolute Gasteiger partial charge is 0.497 e. The summed E-state index contributed by atoms with van der Waals surface area (Å²) in [7, 11) is 3.08. The lowest BCUT2D eigenvalue weighted by Crippen LogP contribution is -2.33. The molecule has 0 radical (unpaired) electrons. The van der Waals surface area contributed by atoms with Crippen LogP contribution in [0.1, 0.15) is 22.3 Å². The van der Waals surface area contributed by atoms with Crippen LogP contribution >= 0.6 is 11.8 Å². The number of carbonyl (C=O) groups excluding carboxylic acids is 3. The molecule has 12 heteroatoms. The molecule has 0 saturated heterocycles. The zero-order chi connectivity index (χ0) is 29.6. The number of hydrogen-bond acceptors (Lipinski definition) is 7. The van der Waals surface area contributed by atoms with Crippen molar-refractivity contribution < 1.29 is 37.0 Å². The molecule has 0 aliphatic carbocycles. The predicted molar refractivity (Wildman–Crippen MR) is 149 cm³/mol. The second-order valence-electron chi connectivity index (χ2n) is 8.82. The monoisotopic (exact) mass is 585 g/mol. The first-order valence-corrected chi connectivity index (χ1v) is 13.2. The van der Waals surface area contributed by atoms with Crippen molar-refractivity contribution in [1.82, 2.24) is 4.90 Å². The standard InChI is InChI=1S/C29H26F3N3O5S/c1-39-17-3-16-35-27(37)24(33-20-8-12-22(40-2)13-9-20)25(28(35)38)41-23-14-10-21(11-15-23)34-26(36)18-4-6-19(7-5-18)29(30,31)32/h4-15,33H,3,16-17H2,1-2H3,(H,34,36). The van der Waals surface area contributed by atoms with Gasteiger partial charge in [0.25, 0.3) is 17.7 Å². The van der Waals surface area contributed by atoms with Crippen molar-refractivity contribution in [2.24, 2.45) is 0 Å². The van der Waals surface area contributed by atoms with Crippen LogP contribution in [0.2, 0.25) is 0 Å². The Labute approximate surface area is 238 Å². The first-order valence-electron chi connectivity index (χ1n) is 12.4. The molecule has 0 spiro atoms. The molecular weight excluding hydrogens is 559 g/mol. The topological polar surface area (TPSA) is 97.0 Å². The van der Waals surface area contributed by atoms with E-state index in [2.05, 4.69) is 10.6 Å². The first kappa shape index (κ1) is 29.7. The van der Waals surface area contributed by atoms with Gasteiger partial charge >= 0.3 is 6.18 Å². The van der Waals surface area contributed by atoms with E-state index in [1.807, 2.05) is 0 Å². The maximum absolute atomic E-state index is 13.3. The molecule has 4 rings (SSSR count). The third-order valence-electron chi connectivity index (χ3n) is 6.02. The molecule has 0 aromatic heterocycles. The van der Waals surface area contributed by atoms with E-state index in [9.17, 15) is 27.6 Å². The Morgan fingerprint density at radius 3 is 2.10 bits per heavy atom. The number of benzene rings is 3. The van der Waals surface area contributed by atoms with E-state index in [4.69, 9.17) is 9.47 Å². The van der Waals surface area contributed by atoms with Crippen molar-refractivity contribution in [2.75, 3.05) is 38.0 Å². The van der Waals surface area contributed by atoms with Crippen molar-refractivity contribution in [2.45, 2.75) is 17.5 Å². The maximum Gasteiger partial charge on any atom is 0.416 e. The Hall–Kier alpha value is -4.29. The molecule has 0 atom stereocenters. The number of nitrogens with one attached hydrogen (secondary N) is 2. The third kappa shape index (κ3) is 7.27. The smallest absolute Gasteiger partial charge is 0.416 e. The summed E-state index contributed by atoms with van der Waals surface area (Å²) in [6, 6.07) is 17.3. The molecular formula is C29H26F3N3O5S. The number of carbonyl (C=O) groups is 3. The average molecular weight is 586 g/mol. The van der Waals surface area contributed by atoms with E-state index in [0.29, 0.717) is 35.0 Å². The summed E-state index contributed by atoms with van der Waals surface area (Å²) in [4.78, 5) is 41.0. The molecule has 0 fully saturated rings. The lowest BCUT2D eigenvalue weighted by Gasteiger charge is -2.14. The quantitative estimate of drug-likeness (QED) is 0.217. The summed E-state index contributed by atoms with van der Waals surface area (Å²) >= 11 is 1.10. The van der Waals surface area contributed by atoms with Gasteiger partial charge in [0, 0.05) is 42.1 Å². The summed E-state index contributed by atoms with van der Waals surface area (Å²) in [5.41, 5.74) is 0.365. The van der Waals surface area contributed by atoms with Gasteiger partial charge in [-0.25, -0.2) is 0 Å². The zero-order valence-corrected chi connectivity index (χ0v) is 22.9. The number of halogens is 3. The van der Waals surface area contributed by atoms with Crippen LogP contribution in [-0.2, 0) is 20.5 Å². The van der Waals surface area contributed by atoms with Gasteiger partial charge in [0.15, 0.2) is 0 Å². The Balaban J connectivity index is 1.50. The highest BCUT2D eigenvalue weighted by Crippen LogP contribution is 2.36. The molecule has 3 amide bonds. The first-order chi connectivity index (χ1) is 19.6. The van der Waals surface area contributed by atoms with Gasteiger partial charge in [-0.15, -0.1) is 0 Å². The number of anilines is 2. The Kier molecular flexibility index (Phi) is 9.35. The Bertz CT molecular complexity index is 1440. The van der Waals surface area contributed by atoms with E-state index in [-0.39, 0.29) is 22.7 Å². The van der Waals surface area contributed by atoms with Crippen molar-refractivity contribution in [3.63, 3.8) is 0 Å². The molecule has 0 bridgehead atoms. The van der Waals surface area contributed by atoms with Gasteiger partial charge in [-0.05, 0) is 79.2 Å². The summed E-state index contributed by atoms with van der Waals surface area (Å²) in [5, 5.41) is 5.70. The van der Waals surface area contributed by atoms with E-state index < -0.39 is 29.5 Å². The van der Waals surface area contributed by atoms with Gasteiger partial charge in [-0.3, -0.25) is 19.3 Å². The van der Waals surface area contributed by atoms with Crippen LogP contribution in [0.4, 0.5) is 24.5 Å². The number of methoxy groups -OCH3 is 2. The normalized spacial score (nSPS) is 13.5. The highest BCUT2D eigenvalue weighted by atomic mass is 32.2. The van der Waals surface area contributed by atoms with Crippen molar-refractivity contribution >= 4 is 40.9 Å². The van der Waals surface area contributed by atoms with Gasteiger partial charge in [-0.1, -0.05) is 11.8 Å². The van der Waals surface area contributed by atoms with Crippen molar-refractivity contribution in [1.29, 1.82) is 0 Å². The molecule has 41 heavy (non-hydrogen) atoms. The van der Waals surface area contributed by atoms with Crippen LogP contribution in [0.25, 0.3) is 0 Å². The minimum absolute atomic E-state index is 0.0690. The van der Waals surface area contributed by atoms with E-state index >= 15 is 0 Å². The average Bonchev–Trinajstić information content (AvgIpc) is 3.17. The zero-order valence-electron chi connectivity index (χ0n) is 22.1. The molecule has 0 unspecified atom stereocenters. The summed E-state index contributed by atoms with van der Waals surface area (Å²) in [5.74, 6) is -0.827. The molecule has 0 saturated carbocycles. The molecule has 3 aromatic carbocycles.